The second kappa shape index (κ2) is 5.25. The average Bonchev–Trinajstić information content (AvgIpc) is 3.25. The van der Waals surface area contributed by atoms with Crippen molar-refractivity contribution in [2.45, 2.75) is 0 Å². The zero-order chi connectivity index (χ0) is 14.8. The second-order valence-corrected chi connectivity index (χ2v) is 4.74. The van der Waals surface area contributed by atoms with E-state index >= 15 is 0 Å². The van der Waals surface area contributed by atoms with E-state index in [0.717, 1.165) is 22.5 Å². The van der Waals surface area contributed by atoms with E-state index in [0.29, 0.717) is 5.95 Å². The highest BCUT2D eigenvalue weighted by Gasteiger charge is 2.18. The molecule has 6 nitrogen and oxygen atoms in total. The Morgan fingerprint density at radius 1 is 0.818 bits per heavy atom. The topological polar surface area (TPSA) is 72.3 Å². The molecule has 2 aromatic heterocycles. The monoisotopic (exact) mass is 288 g/mol. The van der Waals surface area contributed by atoms with Crippen molar-refractivity contribution in [2.75, 3.05) is 0 Å². The van der Waals surface area contributed by atoms with Gasteiger partial charge in [-0.25, -0.2) is 5.10 Å². The molecule has 0 atom stereocenters. The lowest BCUT2D eigenvalue weighted by Crippen LogP contribution is -2.01. The van der Waals surface area contributed by atoms with Crippen LogP contribution < -0.4 is 0 Å². The van der Waals surface area contributed by atoms with Gasteiger partial charge >= 0.3 is 0 Å². The van der Waals surface area contributed by atoms with Crippen LogP contribution in [0.15, 0.2) is 67.0 Å². The minimum absolute atomic E-state index is 0.536. The summed E-state index contributed by atoms with van der Waals surface area (Å²) >= 11 is 0. The molecular formula is C16H12N6. The summed E-state index contributed by atoms with van der Waals surface area (Å²) in [6.07, 6.45) is 1.45. The highest BCUT2D eigenvalue weighted by molar-refractivity contribution is 5.78. The second-order valence-electron chi connectivity index (χ2n) is 4.74. The van der Waals surface area contributed by atoms with E-state index in [1.165, 1.54) is 6.33 Å². The molecule has 0 saturated heterocycles. The Morgan fingerprint density at radius 2 is 1.50 bits per heavy atom. The Labute approximate surface area is 126 Å². The number of hydrogen-bond acceptors (Lipinski definition) is 4. The van der Waals surface area contributed by atoms with Crippen molar-refractivity contribution in [3.63, 3.8) is 0 Å². The molecule has 6 heteroatoms. The molecule has 0 aliphatic carbocycles. The van der Waals surface area contributed by atoms with Crippen LogP contribution in [-0.4, -0.2) is 30.2 Å². The minimum Gasteiger partial charge on any atom is -0.244 e. The van der Waals surface area contributed by atoms with Gasteiger partial charge in [-0.2, -0.15) is 14.8 Å². The first-order valence-electron chi connectivity index (χ1n) is 6.86. The molecule has 2 heterocycles. The van der Waals surface area contributed by atoms with Gasteiger partial charge in [-0.15, -0.1) is 5.10 Å². The van der Waals surface area contributed by atoms with Gasteiger partial charge in [-0.05, 0) is 0 Å². The SMILES string of the molecule is c1ccc(-c2nnn(-c3ncn[nH]3)c2-c2ccccc2)cc1. The van der Waals surface area contributed by atoms with Crippen molar-refractivity contribution in [1.29, 1.82) is 0 Å². The molecule has 0 saturated carbocycles. The third-order valence-corrected chi connectivity index (χ3v) is 3.37. The smallest absolute Gasteiger partial charge is 0.244 e. The Bertz CT molecular complexity index is 866. The van der Waals surface area contributed by atoms with Crippen LogP contribution >= 0.6 is 0 Å². The van der Waals surface area contributed by atoms with Crippen molar-refractivity contribution in [3.8, 4) is 28.5 Å². The van der Waals surface area contributed by atoms with Gasteiger partial charge in [0, 0.05) is 11.1 Å². The van der Waals surface area contributed by atoms with Crippen LogP contribution in [0.3, 0.4) is 0 Å². The van der Waals surface area contributed by atoms with Crippen LogP contribution in [0.1, 0.15) is 0 Å². The summed E-state index contributed by atoms with van der Waals surface area (Å²) in [6, 6.07) is 20.0. The van der Waals surface area contributed by atoms with Crippen LogP contribution in [-0.2, 0) is 0 Å². The van der Waals surface area contributed by atoms with E-state index in [1.54, 1.807) is 4.68 Å². The summed E-state index contributed by atoms with van der Waals surface area (Å²) in [6.45, 7) is 0. The van der Waals surface area contributed by atoms with Gasteiger partial charge in [0.1, 0.15) is 17.7 Å². The molecule has 0 unspecified atom stereocenters. The number of aromatic nitrogens is 6. The van der Waals surface area contributed by atoms with Crippen molar-refractivity contribution in [3.05, 3.63) is 67.0 Å². The number of nitrogens with zero attached hydrogens (tertiary/aromatic N) is 5. The molecule has 22 heavy (non-hydrogen) atoms. The molecule has 0 aliphatic rings. The normalized spacial score (nSPS) is 10.7. The summed E-state index contributed by atoms with van der Waals surface area (Å²) < 4.78 is 1.67. The first kappa shape index (κ1) is 12.5. The molecule has 2 aromatic carbocycles. The largest absolute Gasteiger partial charge is 0.248 e. The lowest BCUT2D eigenvalue weighted by Gasteiger charge is -2.06. The average molecular weight is 288 g/mol. The number of H-pyrrole nitrogens is 1. The van der Waals surface area contributed by atoms with E-state index in [4.69, 9.17) is 0 Å². The zero-order valence-electron chi connectivity index (χ0n) is 11.6. The molecule has 0 fully saturated rings. The fourth-order valence-electron chi connectivity index (χ4n) is 2.38. The zero-order valence-corrected chi connectivity index (χ0v) is 11.6. The molecular weight excluding hydrogens is 276 g/mol. The highest BCUT2D eigenvalue weighted by atomic mass is 15.5. The number of rotatable bonds is 3. The predicted octanol–water partition coefficient (Wildman–Crippen LogP) is 2.72. The first-order chi connectivity index (χ1) is 10.9. The van der Waals surface area contributed by atoms with Gasteiger partial charge < -0.3 is 0 Å². The number of hydrogen-bond donors (Lipinski definition) is 1. The molecule has 1 N–H and O–H groups in total. The van der Waals surface area contributed by atoms with Crippen molar-refractivity contribution in [1.82, 2.24) is 30.2 Å². The van der Waals surface area contributed by atoms with Gasteiger partial charge in [0.15, 0.2) is 0 Å². The van der Waals surface area contributed by atoms with Gasteiger partial charge in [0.05, 0.1) is 0 Å². The Morgan fingerprint density at radius 3 is 2.14 bits per heavy atom. The summed E-state index contributed by atoms with van der Waals surface area (Å²) in [5, 5.41) is 15.3. The summed E-state index contributed by atoms with van der Waals surface area (Å²) in [5.74, 6) is 0.536. The maximum atomic E-state index is 4.34. The van der Waals surface area contributed by atoms with Crippen molar-refractivity contribution in [2.24, 2.45) is 0 Å². The van der Waals surface area contributed by atoms with Crippen LogP contribution in [0, 0.1) is 0 Å². The van der Waals surface area contributed by atoms with Crippen molar-refractivity contribution < 1.29 is 0 Å². The minimum atomic E-state index is 0.536. The van der Waals surface area contributed by atoms with Gasteiger partial charge in [-0.3, -0.25) is 0 Å². The van der Waals surface area contributed by atoms with Crippen LogP contribution in [0.4, 0.5) is 0 Å². The summed E-state index contributed by atoms with van der Waals surface area (Å²) in [5.41, 5.74) is 3.71. The van der Waals surface area contributed by atoms with E-state index < -0.39 is 0 Å². The molecule has 0 amide bonds. The fourth-order valence-corrected chi connectivity index (χ4v) is 2.38. The van der Waals surface area contributed by atoms with Crippen LogP contribution in [0.5, 0.6) is 0 Å². The fraction of sp³-hybridized carbons (Fsp3) is 0. The van der Waals surface area contributed by atoms with Crippen LogP contribution in [0.2, 0.25) is 0 Å². The third kappa shape index (κ3) is 2.07. The molecule has 4 rings (SSSR count). The highest BCUT2D eigenvalue weighted by Crippen LogP contribution is 2.30. The maximum Gasteiger partial charge on any atom is 0.248 e. The Balaban J connectivity index is 1.97. The lowest BCUT2D eigenvalue weighted by molar-refractivity contribution is 0.764. The van der Waals surface area contributed by atoms with E-state index in [9.17, 15) is 0 Å². The quantitative estimate of drug-likeness (QED) is 0.629. The summed E-state index contributed by atoms with van der Waals surface area (Å²) in [4.78, 5) is 4.17. The number of aromatic amines is 1. The van der Waals surface area contributed by atoms with Crippen molar-refractivity contribution >= 4 is 0 Å². The van der Waals surface area contributed by atoms with E-state index in [1.807, 2.05) is 60.7 Å². The molecule has 0 bridgehead atoms. The Hall–Kier alpha value is -3.28. The maximum absolute atomic E-state index is 4.34. The molecule has 0 radical (unpaired) electrons. The molecule has 106 valence electrons. The number of benzene rings is 2. The first-order valence-corrected chi connectivity index (χ1v) is 6.86. The molecule has 0 spiro atoms. The van der Waals surface area contributed by atoms with Gasteiger partial charge in [0.25, 0.3) is 0 Å². The van der Waals surface area contributed by atoms with Gasteiger partial charge in [-0.1, -0.05) is 65.9 Å². The molecule has 4 aromatic rings. The Kier molecular flexibility index (Phi) is 2.97. The van der Waals surface area contributed by atoms with Crippen LogP contribution in [0.25, 0.3) is 28.5 Å². The molecule has 0 aliphatic heterocycles. The van der Waals surface area contributed by atoms with Gasteiger partial charge in [0.2, 0.25) is 5.95 Å². The number of nitrogens with one attached hydrogen (secondary N) is 1. The standard InChI is InChI=1S/C16H12N6/c1-3-7-12(8-4-1)14-15(13-9-5-2-6-10-13)22(21-19-14)16-17-11-18-20-16/h1-11H,(H,17,18,20). The third-order valence-electron chi connectivity index (χ3n) is 3.37. The lowest BCUT2D eigenvalue weighted by atomic mass is 10.0. The summed E-state index contributed by atoms with van der Waals surface area (Å²) in [7, 11) is 0. The predicted molar refractivity (Wildman–Crippen MR) is 82.2 cm³/mol. The van der Waals surface area contributed by atoms with E-state index in [-0.39, 0.29) is 0 Å². The van der Waals surface area contributed by atoms with E-state index in [2.05, 4.69) is 25.5 Å².